The molecule has 0 bridgehead atoms. The molecule has 3 rings (SSSR count). The van der Waals surface area contributed by atoms with E-state index in [1.807, 2.05) is 0 Å². The van der Waals surface area contributed by atoms with Crippen molar-refractivity contribution in [3.8, 4) is 12.3 Å². The van der Waals surface area contributed by atoms with Gasteiger partial charge in [-0.2, -0.15) is 4.99 Å². The third-order valence-electron chi connectivity index (χ3n) is 4.35. The highest BCUT2D eigenvalue weighted by Crippen LogP contribution is 2.23. The average molecular weight is 413 g/mol. The molecule has 0 spiro atoms. The number of halogens is 2. The highest BCUT2D eigenvalue weighted by Gasteiger charge is 2.30. The number of benzene rings is 1. The first-order valence-electron chi connectivity index (χ1n) is 8.16. The van der Waals surface area contributed by atoms with E-state index >= 15 is 0 Å². The maximum atomic E-state index is 14.2. The standard InChI is InChI=1S/C17H17F2N3O3S2/c1-3-6-22-15-13(19)8-12(18)9-14(15)26-17(22)20-16(23)11-5-4-7-21(10-11)27(2,24)25/h1,8-9,11H,4-7,10H2,2H3. The van der Waals surface area contributed by atoms with Crippen LogP contribution in [0.2, 0.25) is 0 Å². The molecule has 2 aromatic rings. The van der Waals surface area contributed by atoms with Gasteiger partial charge in [0.2, 0.25) is 10.0 Å². The number of amides is 1. The molecule has 1 fully saturated rings. The van der Waals surface area contributed by atoms with Crippen molar-refractivity contribution in [3.05, 3.63) is 28.6 Å². The Kier molecular flexibility index (Phi) is 5.46. The number of piperidine rings is 1. The molecular weight excluding hydrogens is 396 g/mol. The van der Waals surface area contributed by atoms with Gasteiger partial charge in [-0.15, -0.1) is 6.42 Å². The molecule has 0 saturated carbocycles. The maximum absolute atomic E-state index is 14.2. The number of aromatic nitrogens is 1. The fraction of sp³-hybridized carbons (Fsp3) is 0.412. The summed E-state index contributed by atoms with van der Waals surface area (Å²) < 4.78 is 54.0. The van der Waals surface area contributed by atoms with E-state index < -0.39 is 33.5 Å². The van der Waals surface area contributed by atoms with E-state index in [1.54, 1.807) is 0 Å². The first kappa shape index (κ1) is 19.7. The average Bonchev–Trinajstić information content (AvgIpc) is 2.92. The Hall–Kier alpha value is -2.09. The largest absolute Gasteiger partial charge is 0.302 e. The quantitative estimate of drug-likeness (QED) is 0.720. The SMILES string of the molecule is C#CCn1c(=NC(=O)C2CCCN(S(C)(=O)=O)C2)sc2cc(F)cc(F)c21. The van der Waals surface area contributed by atoms with Crippen molar-refractivity contribution in [3.63, 3.8) is 0 Å². The van der Waals surface area contributed by atoms with Gasteiger partial charge in [0.05, 0.1) is 28.9 Å². The number of nitrogens with zero attached hydrogens (tertiary/aromatic N) is 3. The van der Waals surface area contributed by atoms with Crippen LogP contribution in [0.4, 0.5) is 8.78 Å². The van der Waals surface area contributed by atoms with E-state index in [0.29, 0.717) is 19.4 Å². The smallest absolute Gasteiger partial charge is 0.252 e. The van der Waals surface area contributed by atoms with Gasteiger partial charge in [0.15, 0.2) is 10.6 Å². The highest BCUT2D eigenvalue weighted by atomic mass is 32.2. The molecule has 10 heteroatoms. The topological polar surface area (TPSA) is 71.7 Å². The first-order chi connectivity index (χ1) is 12.7. The minimum absolute atomic E-state index is 0.0329. The van der Waals surface area contributed by atoms with Crippen LogP contribution in [0.3, 0.4) is 0 Å². The molecule has 1 aromatic heterocycles. The number of carbonyl (C=O) groups is 1. The number of sulfonamides is 1. The lowest BCUT2D eigenvalue weighted by Crippen LogP contribution is -2.41. The van der Waals surface area contributed by atoms with Crippen LogP contribution in [-0.2, 0) is 21.4 Å². The number of thiazole rings is 1. The zero-order valence-corrected chi connectivity index (χ0v) is 16.1. The van der Waals surface area contributed by atoms with Crippen molar-refractivity contribution >= 4 is 37.5 Å². The monoisotopic (exact) mass is 413 g/mol. The third-order valence-corrected chi connectivity index (χ3v) is 6.65. The lowest BCUT2D eigenvalue weighted by atomic mass is 9.99. The molecule has 1 atom stereocenters. The molecule has 1 unspecified atom stereocenters. The molecule has 2 heterocycles. The highest BCUT2D eigenvalue weighted by molar-refractivity contribution is 7.88. The Morgan fingerprint density at radius 3 is 2.85 bits per heavy atom. The Labute approximate surface area is 159 Å². The predicted octanol–water partition coefficient (Wildman–Crippen LogP) is 1.71. The molecule has 1 aromatic carbocycles. The number of hydrogen-bond acceptors (Lipinski definition) is 4. The van der Waals surface area contributed by atoms with Crippen LogP contribution in [0, 0.1) is 29.9 Å². The minimum Gasteiger partial charge on any atom is -0.302 e. The Morgan fingerprint density at radius 1 is 1.44 bits per heavy atom. The van der Waals surface area contributed by atoms with Gasteiger partial charge in [0.25, 0.3) is 5.91 Å². The second-order valence-corrected chi connectivity index (χ2v) is 9.31. The van der Waals surface area contributed by atoms with Gasteiger partial charge in [-0.05, 0) is 18.9 Å². The summed E-state index contributed by atoms with van der Waals surface area (Å²) in [4.78, 5) is 16.8. The van der Waals surface area contributed by atoms with Crippen molar-refractivity contribution in [1.82, 2.24) is 8.87 Å². The van der Waals surface area contributed by atoms with E-state index in [4.69, 9.17) is 6.42 Å². The van der Waals surface area contributed by atoms with Crippen LogP contribution in [0.25, 0.3) is 10.2 Å². The summed E-state index contributed by atoms with van der Waals surface area (Å²) in [5.74, 6) is -0.227. The van der Waals surface area contributed by atoms with Crippen molar-refractivity contribution in [2.75, 3.05) is 19.3 Å². The molecule has 1 aliphatic rings. The summed E-state index contributed by atoms with van der Waals surface area (Å²) in [5.41, 5.74) is 0.0901. The van der Waals surface area contributed by atoms with Crippen LogP contribution < -0.4 is 4.80 Å². The zero-order chi connectivity index (χ0) is 19.8. The number of rotatable bonds is 3. The van der Waals surface area contributed by atoms with Crippen molar-refractivity contribution in [2.45, 2.75) is 19.4 Å². The van der Waals surface area contributed by atoms with Crippen molar-refractivity contribution in [2.24, 2.45) is 10.9 Å². The molecule has 6 nitrogen and oxygen atoms in total. The number of hydrogen-bond donors (Lipinski definition) is 0. The molecule has 0 radical (unpaired) electrons. The molecule has 144 valence electrons. The van der Waals surface area contributed by atoms with Crippen LogP contribution >= 0.6 is 11.3 Å². The Bertz CT molecular complexity index is 1110. The van der Waals surface area contributed by atoms with Crippen LogP contribution in [0.5, 0.6) is 0 Å². The third kappa shape index (κ3) is 4.10. The first-order valence-corrected chi connectivity index (χ1v) is 10.8. The van der Waals surface area contributed by atoms with E-state index in [9.17, 15) is 22.0 Å². The molecule has 1 saturated heterocycles. The minimum atomic E-state index is -3.39. The summed E-state index contributed by atoms with van der Waals surface area (Å²) >= 11 is 0.959. The lowest BCUT2D eigenvalue weighted by molar-refractivity contribution is -0.122. The van der Waals surface area contributed by atoms with E-state index in [-0.39, 0.29) is 28.1 Å². The van der Waals surface area contributed by atoms with Crippen LogP contribution in [0.15, 0.2) is 17.1 Å². The number of carbonyl (C=O) groups excluding carboxylic acids is 1. The molecule has 1 amide bonds. The van der Waals surface area contributed by atoms with Gasteiger partial charge in [-0.1, -0.05) is 17.3 Å². The summed E-state index contributed by atoms with van der Waals surface area (Å²) in [7, 11) is -3.39. The van der Waals surface area contributed by atoms with Crippen LogP contribution in [-0.4, -0.2) is 42.5 Å². The molecule has 0 N–H and O–H groups in total. The Morgan fingerprint density at radius 2 is 2.19 bits per heavy atom. The zero-order valence-electron chi connectivity index (χ0n) is 14.5. The second kappa shape index (κ2) is 7.50. The number of fused-ring (bicyclic) bond motifs is 1. The fourth-order valence-corrected chi connectivity index (χ4v) is 5.07. The second-order valence-electron chi connectivity index (χ2n) is 6.32. The van der Waals surface area contributed by atoms with Crippen molar-refractivity contribution < 1.29 is 22.0 Å². The summed E-state index contributed by atoms with van der Waals surface area (Å²) in [5, 5.41) is 0. The molecule has 27 heavy (non-hydrogen) atoms. The van der Waals surface area contributed by atoms with E-state index in [2.05, 4.69) is 10.9 Å². The molecule has 0 aliphatic carbocycles. The normalized spacial score (nSPS) is 19.3. The van der Waals surface area contributed by atoms with Gasteiger partial charge >= 0.3 is 0 Å². The van der Waals surface area contributed by atoms with E-state index in [1.165, 1.54) is 8.87 Å². The van der Waals surface area contributed by atoms with Crippen molar-refractivity contribution in [1.29, 1.82) is 0 Å². The molecule has 1 aliphatic heterocycles. The summed E-state index contributed by atoms with van der Waals surface area (Å²) in [6, 6.07) is 1.91. The fourth-order valence-electron chi connectivity index (χ4n) is 3.08. The predicted molar refractivity (Wildman–Crippen MR) is 98.3 cm³/mol. The van der Waals surface area contributed by atoms with Gasteiger partial charge in [0, 0.05) is 19.2 Å². The molecular formula is C17H17F2N3O3S2. The van der Waals surface area contributed by atoms with Gasteiger partial charge in [-0.25, -0.2) is 21.5 Å². The lowest BCUT2D eigenvalue weighted by Gasteiger charge is -2.28. The number of terminal acetylenes is 1. The van der Waals surface area contributed by atoms with Gasteiger partial charge in [-0.3, -0.25) is 4.79 Å². The van der Waals surface area contributed by atoms with Gasteiger partial charge in [0.1, 0.15) is 5.82 Å². The van der Waals surface area contributed by atoms with E-state index in [0.717, 1.165) is 29.7 Å². The van der Waals surface area contributed by atoms with Gasteiger partial charge < -0.3 is 4.57 Å². The van der Waals surface area contributed by atoms with Crippen LogP contribution in [0.1, 0.15) is 12.8 Å². The summed E-state index contributed by atoms with van der Waals surface area (Å²) in [6.45, 7) is 0.395. The summed E-state index contributed by atoms with van der Waals surface area (Å²) in [6.07, 6.45) is 7.50. The Balaban J connectivity index is 2.02. The maximum Gasteiger partial charge on any atom is 0.252 e.